The molecule has 0 radical (unpaired) electrons. The zero-order valence-electron chi connectivity index (χ0n) is 19.3. The van der Waals surface area contributed by atoms with Crippen LogP contribution in [0, 0.1) is 13.8 Å². The Hall–Kier alpha value is -4.22. The van der Waals surface area contributed by atoms with Crippen molar-refractivity contribution in [3.63, 3.8) is 0 Å². The van der Waals surface area contributed by atoms with Gasteiger partial charge in [0.25, 0.3) is 0 Å². The minimum atomic E-state index is 0.689. The number of rotatable bonds is 4. The Kier molecular flexibility index (Phi) is 5.20. The van der Waals surface area contributed by atoms with Gasteiger partial charge in [0.2, 0.25) is 0 Å². The number of halogens is 1. The molecule has 0 bridgehead atoms. The number of fused-ring (bicyclic) bond motifs is 1. The Morgan fingerprint density at radius 2 is 1.40 bits per heavy atom. The first kappa shape index (κ1) is 21.3. The largest absolute Gasteiger partial charge is 0.358 e. The maximum absolute atomic E-state index is 6.10. The molecule has 0 aliphatic rings. The van der Waals surface area contributed by atoms with Crippen LogP contribution in [0.2, 0.25) is 5.02 Å². The van der Waals surface area contributed by atoms with Gasteiger partial charge in [-0.25, -0.2) is 4.68 Å². The fraction of sp³-hybridized carbons (Fsp3) is 0.0690. The van der Waals surface area contributed by atoms with Gasteiger partial charge < -0.3 is 4.98 Å². The van der Waals surface area contributed by atoms with Crippen LogP contribution >= 0.6 is 11.6 Å². The summed E-state index contributed by atoms with van der Waals surface area (Å²) in [5.74, 6) is 0. The molecule has 0 amide bonds. The van der Waals surface area contributed by atoms with Crippen LogP contribution in [-0.4, -0.2) is 25.0 Å². The summed E-state index contributed by atoms with van der Waals surface area (Å²) in [5.41, 5.74) is 9.80. The first-order chi connectivity index (χ1) is 17.1. The first-order valence-corrected chi connectivity index (χ1v) is 11.8. The SMILES string of the molecule is Cc1[nH]c(-c2ccccc2)c(-c2ccccc2)c1-c1nnc(C)c2nn(-c3ccc(Cl)cc3)cc12. The van der Waals surface area contributed by atoms with E-state index in [9.17, 15) is 0 Å². The van der Waals surface area contributed by atoms with Crippen molar-refractivity contribution < 1.29 is 0 Å². The Labute approximate surface area is 208 Å². The molecule has 0 atom stereocenters. The molecule has 6 rings (SSSR count). The predicted molar refractivity (Wildman–Crippen MR) is 142 cm³/mol. The topological polar surface area (TPSA) is 59.4 Å². The lowest BCUT2D eigenvalue weighted by atomic mass is 9.94. The summed E-state index contributed by atoms with van der Waals surface area (Å²) in [7, 11) is 0. The minimum absolute atomic E-state index is 0.689. The average molecular weight is 476 g/mol. The van der Waals surface area contributed by atoms with Crippen LogP contribution in [0.4, 0.5) is 0 Å². The maximum Gasteiger partial charge on any atom is 0.118 e. The van der Waals surface area contributed by atoms with Crippen molar-refractivity contribution in [1.82, 2.24) is 25.0 Å². The molecule has 6 aromatic rings. The number of aromatic nitrogens is 5. The number of H-pyrrole nitrogens is 1. The molecule has 0 aliphatic carbocycles. The van der Waals surface area contributed by atoms with Crippen molar-refractivity contribution in [2.24, 2.45) is 0 Å². The zero-order valence-corrected chi connectivity index (χ0v) is 20.1. The van der Waals surface area contributed by atoms with Gasteiger partial charge in [-0.1, -0.05) is 72.3 Å². The fourth-order valence-corrected chi connectivity index (χ4v) is 4.71. The van der Waals surface area contributed by atoms with Gasteiger partial charge in [-0.05, 0) is 49.2 Å². The molecule has 0 fully saturated rings. The summed E-state index contributed by atoms with van der Waals surface area (Å²) in [6, 6.07) is 28.4. The second-order valence-corrected chi connectivity index (χ2v) is 8.99. The summed E-state index contributed by atoms with van der Waals surface area (Å²) < 4.78 is 1.86. The van der Waals surface area contributed by atoms with Crippen LogP contribution in [-0.2, 0) is 0 Å². The highest BCUT2D eigenvalue weighted by molar-refractivity contribution is 6.30. The molecule has 0 unspecified atom stereocenters. The van der Waals surface area contributed by atoms with E-state index in [-0.39, 0.29) is 0 Å². The monoisotopic (exact) mass is 475 g/mol. The summed E-state index contributed by atoms with van der Waals surface area (Å²) in [4.78, 5) is 3.64. The lowest BCUT2D eigenvalue weighted by Crippen LogP contribution is -1.95. The average Bonchev–Trinajstić information content (AvgIpc) is 3.49. The molecule has 3 aromatic heterocycles. The third-order valence-corrected chi connectivity index (χ3v) is 6.50. The van der Waals surface area contributed by atoms with E-state index >= 15 is 0 Å². The number of benzene rings is 3. The Balaban J connectivity index is 1.64. The number of hydrogen-bond donors (Lipinski definition) is 1. The Bertz CT molecular complexity index is 1650. The van der Waals surface area contributed by atoms with Crippen molar-refractivity contribution in [3.8, 4) is 39.3 Å². The highest BCUT2D eigenvalue weighted by Crippen LogP contribution is 2.43. The van der Waals surface area contributed by atoms with Gasteiger partial charge in [-0.3, -0.25) is 0 Å². The summed E-state index contributed by atoms with van der Waals surface area (Å²) in [6.07, 6.45) is 2.03. The Morgan fingerprint density at radius 1 is 0.743 bits per heavy atom. The summed E-state index contributed by atoms with van der Waals surface area (Å²) in [5, 5.41) is 15.7. The van der Waals surface area contributed by atoms with E-state index < -0.39 is 0 Å². The van der Waals surface area contributed by atoms with Crippen LogP contribution in [0.15, 0.2) is 91.1 Å². The van der Waals surface area contributed by atoms with E-state index in [2.05, 4.69) is 65.5 Å². The van der Waals surface area contributed by atoms with Crippen molar-refractivity contribution in [1.29, 1.82) is 0 Å². The van der Waals surface area contributed by atoms with Crippen LogP contribution in [0.5, 0.6) is 0 Å². The molecule has 3 heterocycles. The second-order valence-electron chi connectivity index (χ2n) is 8.55. The molecule has 0 aliphatic heterocycles. The second kappa shape index (κ2) is 8.53. The van der Waals surface area contributed by atoms with Crippen LogP contribution in [0.1, 0.15) is 11.4 Å². The number of aryl methyl sites for hydroxylation is 2. The quantitative estimate of drug-likeness (QED) is 0.288. The summed E-state index contributed by atoms with van der Waals surface area (Å²) in [6.45, 7) is 4.03. The van der Waals surface area contributed by atoms with Crippen molar-refractivity contribution in [2.75, 3.05) is 0 Å². The molecule has 0 spiro atoms. The van der Waals surface area contributed by atoms with Gasteiger partial charge in [0.1, 0.15) is 11.2 Å². The lowest BCUT2D eigenvalue weighted by molar-refractivity contribution is 0.891. The normalized spacial score (nSPS) is 11.3. The molecule has 6 heteroatoms. The van der Waals surface area contributed by atoms with E-state index in [0.29, 0.717) is 5.02 Å². The highest BCUT2D eigenvalue weighted by Gasteiger charge is 2.24. The molecule has 5 nitrogen and oxygen atoms in total. The van der Waals surface area contributed by atoms with E-state index in [4.69, 9.17) is 21.8 Å². The molecular formula is C29H22ClN5. The Morgan fingerprint density at radius 3 is 2.09 bits per heavy atom. The van der Waals surface area contributed by atoms with Gasteiger partial charge in [-0.15, -0.1) is 5.10 Å². The standard InChI is InChI=1S/C29H22ClN5/c1-18-25(26(20-9-5-3-6-10-20)28(31-18)21-11-7-4-8-12-21)29-24-17-35(23-15-13-22(30)14-16-23)34-27(24)19(2)32-33-29/h3-17,31H,1-2H3. The number of hydrogen-bond acceptors (Lipinski definition) is 3. The van der Waals surface area contributed by atoms with Crippen molar-refractivity contribution in [2.45, 2.75) is 13.8 Å². The molecule has 0 saturated carbocycles. The third-order valence-electron chi connectivity index (χ3n) is 6.25. The highest BCUT2D eigenvalue weighted by atomic mass is 35.5. The molecule has 3 aromatic carbocycles. The molecular weight excluding hydrogens is 454 g/mol. The van der Waals surface area contributed by atoms with Gasteiger partial charge in [0, 0.05) is 28.0 Å². The zero-order chi connectivity index (χ0) is 23.9. The molecule has 170 valence electrons. The number of aromatic amines is 1. The maximum atomic E-state index is 6.10. The van der Waals surface area contributed by atoms with Crippen molar-refractivity contribution >= 4 is 22.5 Å². The van der Waals surface area contributed by atoms with Crippen molar-refractivity contribution in [3.05, 3.63) is 108 Å². The van der Waals surface area contributed by atoms with Gasteiger partial charge in [-0.2, -0.15) is 10.2 Å². The smallest absolute Gasteiger partial charge is 0.118 e. The number of nitrogens with zero attached hydrogens (tertiary/aromatic N) is 4. The van der Waals surface area contributed by atoms with Gasteiger partial charge in [0.05, 0.1) is 22.5 Å². The van der Waals surface area contributed by atoms with E-state index in [1.54, 1.807) is 0 Å². The van der Waals surface area contributed by atoms with Gasteiger partial charge in [0.15, 0.2) is 0 Å². The molecule has 1 N–H and O–H groups in total. The molecule has 35 heavy (non-hydrogen) atoms. The lowest BCUT2D eigenvalue weighted by Gasteiger charge is -2.09. The van der Waals surface area contributed by atoms with E-state index in [0.717, 1.165) is 61.6 Å². The predicted octanol–water partition coefficient (Wildman–Crippen LogP) is 7.41. The minimum Gasteiger partial charge on any atom is -0.358 e. The number of nitrogens with one attached hydrogen (secondary N) is 1. The van der Waals surface area contributed by atoms with Gasteiger partial charge >= 0.3 is 0 Å². The molecule has 0 saturated heterocycles. The van der Waals surface area contributed by atoms with E-state index in [1.807, 2.05) is 54.2 Å². The van der Waals surface area contributed by atoms with Crippen LogP contribution in [0.3, 0.4) is 0 Å². The third kappa shape index (κ3) is 3.70. The summed E-state index contributed by atoms with van der Waals surface area (Å²) >= 11 is 6.10. The van der Waals surface area contributed by atoms with Crippen LogP contribution < -0.4 is 0 Å². The van der Waals surface area contributed by atoms with E-state index in [1.165, 1.54) is 0 Å². The first-order valence-electron chi connectivity index (χ1n) is 11.4. The fourth-order valence-electron chi connectivity index (χ4n) is 4.59. The van der Waals surface area contributed by atoms with Crippen LogP contribution in [0.25, 0.3) is 50.2 Å².